The van der Waals surface area contributed by atoms with Gasteiger partial charge < -0.3 is 42.8 Å². The summed E-state index contributed by atoms with van der Waals surface area (Å²) >= 11 is 0. The lowest BCUT2D eigenvalue weighted by Crippen LogP contribution is -2.36. The van der Waals surface area contributed by atoms with E-state index in [1.165, 1.54) is 11.5 Å². The first-order valence-corrected chi connectivity index (χ1v) is 24.3. The number of rotatable bonds is 28. The third-order valence-corrected chi connectivity index (χ3v) is 13.6. The predicted molar refractivity (Wildman–Crippen MR) is 258 cm³/mol. The zero-order valence-corrected chi connectivity index (χ0v) is 41.2. The van der Waals surface area contributed by atoms with E-state index in [-0.39, 0.29) is 56.8 Å². The van der Waals surface area contributed by atoms with Crippen molar-refractivity contribution in [1.82, 2.24) is 14.2 Å². The van der Waals surface area contributed by atoms with E-state index in [2.05, 4.69) is 57.4 Å². The first-order chi connectivity index (χ1) is 32.3. The number of aromatic nitrogens is 2. The molecule has 1 aliphatic heterocycles. The number of carbonyl (C=O) groups excluding carboxylic acids is 2. The van der Waals surface area contributed by atoms with Gasteiger partial charge in [-0.3, -0.25) is 9.36 Å². The lowest BCUT2D eigenvalue weighted by molar-refractivity contribution is -0.150. The van der Waals surface area contributed by atoms with E-state index in [1.54, 1.807) is 20.4 Å². The number of ether oxygens (including phenoxy) is 5. The second-order valence-electron chi connectivity index (χ2n) is 17.1. The fraction of sp³-hybridized carbons (Fsp3) is 0.510. The molecule has 362 valence electrons. The lowest BCUT2D eigenvalue weighted by Gasteiger charge is -2.37. The molecule has 16 heteroatoms. The molecule has 4 aromatic rings. The summed E-state index contributed by atoms with van der Waals surface area (Å²) in [4.78, 5) is 42.1. The number of hydrogen-bond donors (Lipinski definition) is 1. The largest absolute Gasteiger partial charge is 0.497 e. The molecular weight excluding hydrogens is 874 g/mol. The Morgan fingerprint density at radius 1 is 0.896 bits per heavy atom. The number of Topliss-reactive ketones (excluding diaryl/α,β-unsaturated/α-hetero) is 1. The summed E-state index contributed by atoms with van der Waals surface area (Å²) in [6, 6.07) is 28.5. The summed E-state index contributed by atoms with van der Waals surface area (Å²) in [5, 5.41) is 12.6. The summed E-state index contributed by atoms with van der Waals surface area (Å²) in [5.41, 5.74) is 2.38. The molecule has 1 aromatic heterocycles. The molecule has 2 heterocycles. The first kappa shape index (κ1) is 52.8. The fourth-order valence-corrected chi connectivity index (χ4v) is 9.86. The number of nitriles is 1. The van der Waals surface area contributed by atoms with Gasteiger partial charge in [0.15, 0.2) is 0 Å². The maximum atomic E-state index is 13.6. The Morgan fingerprint density at radius 3 is 2.09 bits per heavy atom. The van der Waals surface area contributed by atoms with Crippen LogP contribution in [0.5, 0.6) is 11.5 Å². The lowest BCUT2D eigenvalue weighted by atomic mass is 9.80. The molecule has 1 N–H and O–H groups in total. The van der Waals surface area contributed by atoms with Crippen molar-refractivity contribution in [3.8, 4) is 17.6 Å². The van der Waals surface area contributed by atoms with Gasteiger partial charge in [-0.2, -0.15) is 10.2 Å². The number of nitrogens with zero attached hydrogens (tertiary/aromatic N) is 4. The Hall–Kier alpha value is -5.20. The van der Waals surface area contributed by atoms with Crippen LogP contribution in [0.3, 0.4) is 0 Å². The first-order valence-electron chi connectivity index (χ1n) is 23.2. The van der Waals surface area contributed by atoms with Crippen LogP contribution < -0.4 is 20.5 Å². The molecule has 15 nitrogen and oxygen atoms in total. The van der Waals surface area contributed by atoms with Gasteiger partial charge in [-0.25, -0.2) is 9.46 Å². The van der Waals surface area contributed by atoms with Gasteiger partial charge in [0, 0.05) is 49.8 Å². The van der Waals surface area contributed by atoms with Gasteiger partial charge in [0.05, 0.1) is 45.8 Å². The van der Waals surface area contributed by atoms with Crippen molar-refractivity contribution in [1.29, 1.82) is 5.26 Å². The maximum absolute atomic E-state index is 13.6. The molecule has 1 aliphatic rings. The molecule has 4 atom stereocenters. The fourth-order valence-electron chi connectivity index (χ4n) is 8.11. The van der Waals surface area contributed by atoms with Crippen molar-refractivity contribution in [2.24, 2.45) is 0 Å². The number of hydrogen-bond acceptors (Lipinski definition) is 14. The van der Waals surface area contributed by atoms with E-state index < -0.39 is 44.2 Å². The highest BCUT2D eigenvalue weighted by atomic mass is 31.2. The summed E-state index contributed by atoms with van der Waals surface area (Å²) in [7, 11) is 1.65. The average molecular weight is 942 g/mol. The van der Waals surface area contributed by atoms with E-state index in [0.29, 0.717) is 19.0 Å². The zero-order chi connectivity index (χ0) is 48.3. The van der Waals surface area contributed by atoms with Gasteiger partial charge in [0.25, 0.3) is 8.53 Å². The van der Waals surface area contributed by atoms with Crippen molar-refractivity contribution in [2.75, 3.05) is 45.9 Å². The van der Waals surface area contributed by atoms with Crippen molar-refractivity contribution in [2.45, 2.75) is 129 Å². The summed E-state index contributed by atoms with van der Waals surface area (Å²) in [5.74, 6) is 1.39. The van der Waals surface area contributed by atoms with E-state index in [1.807, 2.05) is 77.1 Å². The normalized spacial score (nSPS) is 16.5. The molecular formula is C51H68N5O10P. The van der Waals surface area contributed by atoms with Crippen molar-refractivity contribution >= 4 is 26.1 Å². The van der Waals surface area contributed by atoms with Gasteiger partial charge in [-0.05, 0) is 95.3 Å². The van der Waals surface area contributed by atoms with Crippen LogP contribution in [-0.2, 0) is 38.4 Å². The van der Waals surface area contributed by atoms with Gasteiger partial charge >= 0.3 is 11.7 Å². The molecule has 0 aliphatic carbocycles. The number of esters is 1. The summed E-state index contributed by atoms with van der Waals surface area (Å²) in [6.45, 7) is 12.6. The van der Waals surface area contributed by atoms with E-state index >= 15 is 0 Å². The smallest absolute Gasteiger partial charge is 0.351 e. The SMILES string of the molecule is COc1ccc(C(OCCCCCCNc2nc(=O)n([C@H]3C[C@H](OP(OCCC#N)N(C(C)C)C(C)C)[C@@H](COC(=O)CCC(C)=O)O3)cc2C)(c2ccccc2)c2ccc(OC)cc2)cc1. The monoisotopic (exact) mass is 941 g/mol. The van der Waals surface area contributed by atoms with E-state index in [0.717, 1.165) is 59.4 Å². The molecule has 67 heavy (non-hydrogen) atoms. The van der Waals surface area contributed by atoms with Crippen molar-refractivity contribution < 1.29 is 42.3 Å². The number of aryl methyl sites for hydroxylation is 1. The van der Waals surface area contributed by atoms with Crippen LogP contribution in [0.4, 0.5) is 5.82 Å². The molecule has 1 fully saturated rings. The number of carbonyl (C=O) groups is 2. The topological polar surface area (TPSA) is 173 Å². The van der Waals surface area contributed by atoms with Crippen LogP contribution in [0.1, 0.15) is 114 Å². The molecule has 0 bridgehead atoms. The Morgan fingerprint density at radius 2 is 1.51 bits per heavy atom. The van der Waals surface area contributed by atoms with Crippen molar-refractivity contribution in [3.63, 3.8) is 0 Å². The highest BCUT2D eigenvalue weighted by Gasteiger charge is 2.43. The number of anilines is 1. The molecule has 0 radical (unpaired) electrons. The Bertz CT molecular complexity index is 2200. The van der Waals surface area contributed by atoms with Gasteiger partial charge in [-0.1, -0.05) is 67.4 Å². The molecule has 0 spiro atoms. The standard InChI is InChI=1S/C51H68N5O10P/c1-36(2)56(37(3)4)67(64-32-16-29-52)66-45-33-47(65-46(45)35-62-48(58)28-19-39(6)57)55-34-38(5)49(54-50(55)59)53-30-14-9-10-15-31-63-51(40-17-12-11-13-18-40,41-20-24-43(60-7)25-21-41)42-22-26-44(61-8)27-23-42/h11-13,17-18,20-27,34,36-37,45-47H,9-10,14-16,19,28,30-33,35H2,1-8H3,(H,53,54,59)/t45-,46+,47+,67?/m0/s1. The third kappa shape index (κ3) is 14.6. The number of unbranched alkanes of at least 4 members (excludes halogenated alkanes) is 3. The molecule has 5 rings (SSSR count). The summed E-state index contributed by atoms with van der Waals surface area (Å²) < 4.78 is 46.3. The van der Waals surface area contributed by atoms with Crippen LogP contribution in [0.15, 0.2) is 89.9 Å². The molecule has 0 amide bonds. The van der Waals surface area contributed by atoms with Crippen LogP contribution in [-0.4, -0.2) is 90.9 Å². The Labute approximate surface area is 397 Å². The zero-order valence-electron chi connectivity index (χ0n) is 40.3. The molecule has 1 unspecified atom stereocenters. The van der Waals surface area contributed by atoms with E-state index in [4.69, 9.17) is 32.7 Å². The van der Waals surface area contributed by atoms with E-state index in [9.17, 15) is 19.6 Å². The van der Waals surface area contributed by atoms with Crippen LogP contribution in [0.25, 0.3) is 0 Å². The number of nitrogens with one attached hydrogen (secondary N) is 1. The molecule has 1 saturated heterocycles. The number of ketones is 1. The predicted octanol–water partition coefficient (Wildman–Crippen LogP) is 9.41. The third-order valence-electron chi connectivity index (χ3n) is 11.5. The van der Waals surface area contributed by atoms with Gasteiger partial charge in [0.2, 0.25) is 0 Å². The average Bonchev–Trinajstić information content (AvgIpc) is 3.72. The minimum absolute atomic E-state index is 0.0486. The number of benzene rings is 3. The minimum atomic E-state index is -1.66. The highest BCUT2D eigenvalue weighted by molar-refractivity contribution is 7.44. The molecule has 3 aromatic carbocycles. The van der Waals surface area contributed by atoms with Crippen molar-refractivity contribution in [3.05, 3.63) is 118 Å². The molecule has 0 saturated carbocycles. The Kier molecular flexibility index (Phi) is 20.8. The maximum Gasteiger partial charge on any atom is 0.351 e. The van der Waals surface area contributed by atoms with Gasteiger partial charge in [0.1, 0.15) is 47.6 Å². The second kappa shape index (κ2) is 26.4. The quantitative estimate of drug-likeness (QED) is 0.0247. The highest BCUT2D eigenvalue weighted by Crippen LogP contribution is 2.50. The van der Waals surface area contributed by atoms with Crippen LogP contribution in [0, 0.1) is 18.3 Å². The van der Waals surface area contributed by atoms with Gasteiger partial charge in [-0.15, -0.1) is 0 Å². The van der Waals surface area contributed by atoms with Crippen LogP contribution >= 0.6 is 8.53 Å². The second-order valence-corrected chi connectivity index (χ2v) is 18.5. The summed E-state index contributed by atoms with van der Waals surface area (Å²) in [6.07, 6.45) is 3.61. The minimum Gasteiger partial charge on any atom is -0.497 e. The number of methoxy groups -OCH3 is 2. The Balaban J connectivity index is 1.21. The van der Waals surface area contributed by atoms with Crippen LogP contribution in [0.2, 0.25) is 0 Å².